The second kappa shape index (κ2) is 6.65. The van der Waals surface area contributed by atoms with E-state index in [1.807, 2.05) is 6.20 Å². The Bertz CT molecular complexity index is 508. The maximum Gasteiger partial charge on any atom is 0.226 e. The highest BCUT2D eigenvalue weighted by molar-refractivity contribution is 6.17. The molecule has 104 valence electrons. The SMILES string of the molecule is CC(C)Cc1nc(Cn2cc(CCCCl)nn2)no1. The fourth-order valence-electron chi connectivity index (χ4n) is 1.71. The van der Waals surface area contributed by atoms with Gasteiger partial charge in [0.1, 0.15) is 6.54 Å². The lowest BCUT2D eigenvalue weighted by Crippen LogP contribution is -2.02. The van der Waals surface area contributed by atoms with Crippen molar-refractivity contribution in [2.45, 2.75) is 39.7 Å². The maximum absolute atomic E-state index is 5.64. The van der Waals surface area contributed by atoms with Crippen molar-refractivity contribution in [2.24, 2.45) is 5.92 Å². The Morgan fingerprint density at radius 2 is 2.26 bits per heavy atom. The van der Waals surface area contributed by atoms with Gasteiger partial charge in [0, 0.05) is 18.5 Å². The third kappa shape index (κ3) is 4.31. The molecule has 19 heavy (non-hydrogen) atoms. The molecule has 2 aromatic rings. The fourth-order valence-corrected chi connectivity index (χ4v) is 1.84. The van der Waals surface area contributed by atoms with Crippen LogP contribution in [0.4, 0.5) is 0 Å². The number of rotatable bonds is 7. The van der Waals surface area contributed by atoms with E-state index in [0.717, 1.165) is 25.0 Å². The summed E-state index contributed by atoms with van der Waals surface area (Å²) in [6.45, 7) is 4.71. The van der Waals surface area contributed by atoms with Crippen LogP contribution in [-0.2, 0) is 19.4 Å². The predicted molar refractivity (Wildman–Crippen MR) is 71.0 cm³/mol. The Morgan fingerprint density at radius 3 is 3.00 bits per heavy atom. The smallest absolute Gasteiger partial charge is 0.226 e. The average Bonchev–Trinajstić information content (AvgIpc) is 2.96. The first kappa shape index (κ1) is 14.0. The number of alkyl halides is 1. The average molecular weight is 284 g/mol. The van der Waals surface area contributed by atoms with Crippen molar-refractivity contribution in [3.05, 3.63) is 23.6 Å². The van der Waals surface area contributed by atoms with Crippen LogP contribution >= 0.6 is 11.6 Å². The maximum atomic E-state index is 5.64. The van der Waals surface area contributed by atoms with Gasteiger partial charge in [0.05, 0.1) is 5.69 Å². The predicted octanol–water partition coefficient (Wildman–Crippen LogP) is 2.08. The number of nitrogens with zero attached hydrogens (tertiary/aromatic N) is 5. The highest BCUT2D eigenvalue weighted by atomic mass is 35.5. The Kier molecular flexibility index (Phi) is 4.90. The second-order valence-corrected chi connectivity index (χ2v) is 5.28. The van der Waals surface area contributed by atoms with E-state index >= 15 is 0 Å². The molecule has 7 heteroatoms. The van der Waals surface area contributed by atoms with Crippen LogP contribution < -0.4 is 0 Å². The monoisotopic (exact) mass is 283 g/mol. The quantitative estimate of drug-likeness (QED) is 0.728. The molecule has 0 aromatic carbocycles. The Labute approximate surface area is 117 Å². The molecule has 0 aliphatic rings. The molecule has 0 saturated carbocycles. The van der Waals surface area contributed by atoms with Crippen LogP contribution in [-0.4, -0.2) is 31.0 Å². The molecule has 6 nitrogen and oxygen atoms in total. The number of hydrogen-bond acceptors (Lipinski definition) is 5. The Morgan fingerprint density at radius 1 is 1.42 bits per heavy atom. The minimum atomic E-state index is 0.482. The summed E-state index contributed by atoms with van der Waals surface area (Å²) < 4.78 is 6.90. The molecule has 2 heterocycles. The van der Waals surface area contributed by atoms with Crippen molar-refractivity contribution >= 4 is 11.6 Å². The molecule has 0 atom stereocenters. The van der Waals surface area contributed by atoms with Gasteiger partial charge in [-0.1, -0.05) is 24.2 Å². The summed E-state index contributed by atoms with van der Waals surface area (Å²) >= 11 is 5.64. The summed E-state index contributed by atoms with van der Waals surface area (Å²) in [7, 11) is 0. The van der Waals surface area contributed by atoms with Gasteiger partial charge in [0.2, 0.25) is 5.89 Å². The van der Waals surface area contributed by atoms with Crippen LogP contribution in [0.5, 0.6) is 0 Å². The molecule has 2 aromatic heterocycles. The van der Waals surface area contributed by atoms with Gasteiger partial charge >= 0.3 is 0 Å². The highest BCUT2D eigenvalue weighted by Crippen LogP contribution is 2.07. The summed E-state index contributed by atoms with van der Waals surface area (Å²) in [4.78, 5) is 4.33. The molecule has 0 spiro atoms. The zero-order valence-electron chi connectivity index (χ0n) is 11.2. The van der Waals surface area contributed by atoms with Crippen molar-refractivity contribution < 1.29 is 4.52 Å². The van der Waals surface area contributed by atoms with E-state index in [9.17, 15) is 0 Å². The molecule has 0 N–H and O–H groups in total. The van der Waals surface area contributed by atoms with Gasteiger partial charge in [-0.2, -0.15) is 4.98 Å². The van der Waals surface area contributed by atoms with Gasteiger partial charge in [-0.3, -0.25) is 0 Å². The number of hydrogen-bond donors (Lipinski definition) is 0. The van der Waals surface area contributed by atoms with E-state index in [-0.39, 0.29) is 0 Å². The molecule has 0 bridgehead atoms. The topological polar surface area (TPSA) is 69.6 Å². The lowest BCUT2D eigenvalue weighted by atomic mass is 10.1. The first-order valence-electron chi connectivity index (χ1n) is 6.44. The van der Waals surface area contributed by atoms with Gasteiger partial charge in [-0.25, -0.2) is 4.68 Å². The molecule has 0 saturated heterocycles. The van der Waals surface area contributed by atoms with E-state index in [0.29, 0.717) is 30.1 Å². The first-order valence-corrected chi connectivity index (χ1v) is 6.97. The van der Waals surface area contributed by atoms with Crippen molar-refractivity contribution in [1.29, 1.82) is 0 Å². The molecule has 2 rings (SSSR count). The zero-order valence-corrected chi connectivity index (χ0v) is 12.0. The van der Waals surface area contributed by atoms with Crippen LogP contribution in [0.3, 0.4) is 0 Å². The molecular weight excluding hydrogens is 266 g/mol. The van der Waals surface area contributed by atoms with E-state index in [2.05, 4.69) is 34.3 Å². The fraction of sp³-hybridized carbons (Fsp3) is 0.667. The molecule has 0 unspecified atom stereocenters. The molecule has 0 aliphatic carbocycles. The van der Waals surface area contributed by atoms with Crippen molar-refractivity contribution in [2.75, 3.05) is 5.88 Å². The zero-order chi connectivity index (χ0) is 13.7. The van der Waals surface area contributed by atoms with Gasteiger partial charge in [-0.15, -0.1) is 16.7 Å². The number of aromatic nitrogens is 5. The lowest BCUT2D eigenvalue weighted by molar-refractivity contribution is 0.357. The highest BCUT2D eigenvalue weighted by Gasteiger charge is 2.09. The number of aryl methyl sites for hydroxylation is 1. The standard InChI is InChI=1S/C12H18ClN5O/c1-9(2)6-12-14-11(16-19-12)8-18-7-10(15-17-18)4-3-5-13/h7,9H,3-6,8H2,1-2H3. The van der Waals surface area contributed by atoms with Crippen LogP contribution in [0.15, 0.2) is 10.7 Å². The number of halogens is 1. The second-order valence-electron chi connectivity index (χ2n) is 4.90. The van der Waals surface area contributed by atoms with Gasteiger partial charge in [-0.05, 0) is 18.8 Å². The molecule has 0 amide bonds. The van der Waals surface area contributed by atoms with Crippen molar-refractivity contribution in [3.63, 3.8) is 0 Å². The van der Waals surface area contributed by atoms with E-state index in [1.54, 1.807) is 4.68 Å². The summed E-state index contributed by atoms with van der Waals surface area (Å²) in [6.07, 6.45) is 4.44. The van der Waals surface area contributed by atoms with Crippen LogP contribution in [0, 0.1) is 5.92 Å². The summed E-state index contributed by atoms with van der Waals surface area (Å²) in [5, 5.41) is 12.0. The van der Waals surface area contributed by atoms with E-state index in [4.69, 9.17) is 16.1 Å². The molecule has 0 fully saturated rings. The lowest BCUT2D eigenvalue weighted by Gasteiger charge is -1.96. The Hall–Kier alpha value is -1.43. The van der Waals surface area contributed by atoms with Crippen LogP contribution in [0.25, 0.3) is 0 Å². The van der Waals surface area contributed by atoms with Crippen LogP contribution in [0.1, 0.15) is 37.7 Å². The van der Waals surface area contributed by atoms with Gasteiger partial charge in [0.25, 0.3) is 0 Å². The molecule has 0 aliphatic heterocycles. The normalized spacial score (nSPS) is 11.4. The Balaban J connectivity index is 1.93. The minimum Gasteiger partial charge on any atom is -0.339 e. The first-order chi connectivity index (χ1) is 9.17. The summed E-state index contributed by atoms with van der Waals surface area (Å²) in [5.41, 5.74) is 0.937. The minimum absolute atomic E-state index is 0.482. The third-order valence-corrected chi connectivity index (χ3v) is 2.82. The molecule has 0 radical (unpaired) electrons. The summed E-state index contributed by atoms with van der Waals surface area (Å²) in [6, 6.07) is 0. The summed E-state index contributed by atoms with van der Waals surface area (Å²) in [5.74, 6) is 2.44. The largest absolute Gasteiger partial charge is 0.339 e. The van der Waals surface area contributed by atoms with E-state index in [1.165, 1.54) is 0 Å². The third-order valence-electron chi connectivity index (χ3n) is 2.55. The van der Waals surface area contributed by atoms with Crippen LogP contribution in [0.2, 0.25) is 0 Å². The van der Waals surface area contributed by atoms with Gasteiger partial charge in [0.15, 0.2) is 5.82 Å². The van der Waals surface area contributed by atoms with E-state index < -0.39 is 0 Å². The van der Waals surface area contributed by atoms with Crippen molar-refractivity contribution in [1.82, 2.24) is 25.1 Å². The molecular formula is C12H18ClN5O. The van der Waals surface area contributed by atoms with Crippen molar-refractivity contribution in [3.8, 4) is 0 Å². The van der Waals surface area contributed by atoms with Gasteiger partial charge < -0.3 is 4.52 Å².